The van der Waals surface area contributed by atoms with Crippen molar-refractivity contribution in [2.24, 2.45) is 0 Å². The van der Waals surface area contributed by atoms with Gasteiger partial charge in [0.15, 0.2) is 0 Å². The third-order valence-corrected chi connectivity index (χ3v) is 2.92. The summed E-state index contributed by atoms with van der Waals surface area (Å²) in [5.74, 6) is 0.580. The zero-order valence-corrected chi connectivity index (χ0v) is 11.0. The van der Waals surface area contributed by atoms with E-state index in [0.29, 0.717) is 29.5 Å². The monoisotopic (exact) mass is 279 g/mol. The quantitative estimate of drug-likeness (QED) is 0.912. The zero-order chi connectivity index (χ0) is 13.7. The van der Waals surface area contributed by atoms with Gasteiger partial charge in [-0.05, 0) is 24.3 Å². The molecule has 2 aromatic rings. The highest BCUT2D eigenvalue weighted by Crippen LogP contribution is 2.22. The first kappa shape index (κ1) is 13.6. The largest absolute Gasteiger partial charge is 0.491 e. The van der Waals surface area contributed by atoms with Crippen LogP contribution >= 0.6 is 11.6 Å². The van der Waals surface area contributed by atoms with Crippen LogP contribution in [0.5, 0.6) is 5.75 Å². The number of halogens is 1. The zero-order valence-electron chi connectivity index (χ0n) is 10.3. The molecule has 0 saturated heterocycles. The SMILES string of the molecule is O=c1ccccn1CCOc1ccc(Cl)cc1CO. The molecule has 0 atom stereocenters. The van der Waals surface area contributed by atoms with Gasteiger partial charge in [-0.15, -0.1) is 0 Å². The number of pyridine rings is 1. The number of aliphatic hydroxyl groups excluding tert-OH is 1. The van der Waals surface area contributed by atoms with Gasteiger partial charge in [-0.1, -0.05) is 17.7 Å². The third-order valence-electron chi connectivity index (χ3n) is 2.68. The smallest absolute Gasteiger partial charge is 0.250 e. The summed E-state index contributed by atoms with van der Waals surface area (Å²) in [7, 11) is 0. The molecule has 4 nitrogen and oxygen atoms in total. The van der Waals surface area contributed by atoms with Crippen molar-refractivity contribution >= 4 is 11.6 Å². The second-order valence-corrected chi connectivity index (χ2v) is 4.43. The molecule has 0 saturated carbocycles. The Morgan fingerprint density at radius 1 is 1.26 bits per heavy atom. The summed E-state index contributed by atoms with van der Waals surface area (Å²) < 4.78 is 7.13. The molecule has 0 fully saturated rings. The average molecular weight is 280 g/mol. The molecule has 19 heavy (non-hydrogen) atoms. The molecular formula is C14H14ClNO3. The Labute approximate surface area is 115 Å². The molecule has 0 bridgehead atoms. The highest BCUT2D eigenvalue weighted by atomic mass is 35.5. The van der Waals surface area contributed by atoms with Crippen molar-refractivity contribution in [2.45, 2.75) is 13.2 Å². The lowest BCUT2D eigenvalue weighted by Crippen LogP contribution is -2.21. The standard InChI is InChI=1S/C14H14ClNO3/c15-12-4-5-13(11(9-12)10-17)19-8-7-16-6-2-1-3-14(16)18/h1-6,9,17H,7-8,10H2. The molecule has 0 spiro atoms. The van der Waals surface area contributed by atoms with Gasteiger partial charge in [-0.3, -0.25) is 4.79 Å². The minimum absolute atomic E-state index is 0.0652. The second-order valence-electron chi connectivity index (χ2n) is 3.99. The van der Waals surface area contributed by atoms with E-state index in [-0.39, 0.29) is 12.2 Å². The second kappa shape index (κ2) is 6.41. The summed E-state index contributed by atoms with van der Waals surface area (Å²) in [5.41, 5.74) is 0.567. The number of hydrogen-bond donors (Lipinski definition) is 1. The first-order valence-corrected chi connectivity index (χ1v) is 6.26. The summed E-state index contributed by atoms with van der Waals surface area (Å²) in [6, 6.07) is 10.1. The van der Waals surface area contributed by atoms with Gasteiger partial charge in [0.25, 0.3) is 5.56 Å². The summed E-state index contributed by atoms with van der Waals surface area (Å²) in [6.45, 7) is 0.660. The van der Waals surface area contributed by atoms with Gasteiger partial charge < -0.3 is 14.4 Å². The fourth-order valence-electron chi connectivity index (χ4n) is 1.71. The molecule has 1 aromatic carbocycles. The van der Waals surface area contributed by atoms with Crippen LogP contribution < -0.4 is 10.3 Å². The van der Waals surface area contributed by atoms with E-state index in [1.54, 1.807) is 41.1 Å². The van der Waals surface area contributed by atoms with Crippen molar-refractivity contribution in [3.05, 3.63) is 63.5 Å². The molecule has 0 aliphatic heterocycles. The normalized spacial score (nSPS) is 10.4. The van der Waals surface area contributed by atoms with Crippen LogP contribution in [0.1, 0.15) is 5.56 Å². The van der Waals surface area contributed by atoms with Gasteiger partial charge in [0.05, 0.1) is 13.2 Å². The number of benzene rings is 1. The van der Waals surface area contributed by atoms with Crippen molar-refractivity contribution in [1.82, 2.24) is 4.57 Å². The molecule has 0 unspecified atom stereocenters. The molecule has 1 N–H and O–H groups in total. The molecule has 1 aromatic heterocycles. The third kappa shape index (κ3) is 3.59. The van der Waals surface area contributed by atoms with E-state index in [1.807, 2.05) is 0 Å². The number of rotatable bonds is 5. The predicted molar refractivity (Wildman–Crippen MR) is 73.6 cm³/mol. The Morgan fingerprint density at radius 2 is 2.11 bits per heavy atom. The van der Waals surface area contributed by atoms with Gasteiger partial charge in [0.2, 0.25) is 0 Å². The summed E-state index contributed by atoms with van der Waals surface area (Å²) >= 11 is 5.83. The lowest BCUT2D eigenvalue weighted by Gasteiger charge is -2.11. The van der Waals surface area contributed by atoms with Crippen LogP contribution in [0.25, 0.3) is 0 Å². The molecule has 2 rings (SSSR count). The van der Waals surface area contributed by atoms with Crippen molar-refractivity contribution < 1.29 is 9.84 Å². The fraction of sp³-hybridized carbons (Fsp3) is 0.214. The van der Waals surface area contributed by atoms with Gasteiger partial charge in [0, 0.05) is 22.8 Å². The van der Waals surface area contributed by atoms with E-state index < -0.39 is 0 Å². The lowest BCUT2D eigenvalue weighted by atomic mass is 10.2. The average Bonchev–Trinajstić information content (AvgIpc) is 2.42. The number of aromatic nitrogens is 1. The van der Waals surface area contributed by atoms with Crippen LogP contribution in [-0.2, 0) is 13.2 Å². The van der Waals surface area contributed by atoms with Crippen molar-refractivity contribution in [3.63, 3.8) is 0 Å². The molecular weight excluding hydrogens is 266 g/mol. The van der Waals surface area contributed by atoms with E-state index in [9.17, 15) is 9.90 Å². The summed E-state index contributed by atoms with van der Waals surface area (Å²) in [6.07, 6.45) is 1.71. The number of aliphatic hydroxyl groups is 1. The molecule has 0 amide bonds. The van der Waals surface area contributed by atoms with Gasteiger partial charge in [-0.2, -0.15) is 0 Å². The maximum atomic E-state index is 11.5. The Balaban J connectivity index is 2.00. The molecule has 0 radical (unpaired) electrons. The van der Waals surface area contributed by atoms with Gasteiger partial charge in [0.1, 0.15) is 12.4 Å². The topological polar surface area (TPSA) is 51.5 Å². The van der Waals surface area contributed by atoms with Crippen LogP contribution in [0.2, 0.25) is 5.02 Å². The van der Waals surface area contributed by atoms with Crippen LogP contribution in [0.3, 0.4) is 0 Å². The van der Waals surface area contributed by atoms with Gasteiger partial charge in [-0.25, -0.2) is 0 Å². The van der Waals surface area contributed by atoms with E-state index in [2.05, 4.69) is 0 Å². The maximum absolute atomic E-state index is 11.5. The predicted octanol–water partition coefficient (Wildman–Crippen LogP) is 2.07. The van der Waals surface area contributed by atoms with Crippen LogP contribution in [0.4, 0.5) is 0 Å². The molecule has 5 heteroatoms. The van der Waals surface area contributed by atoms with E-state index >= 15 is 0 Å². The highest BCUT2D eigenvalue weighted by molar-refractivity contribution is 6.30. The van der Waals surface area contributed by atoms with Crippen LogP contribution in [0.15, 0.2) is 47.4 Å². The Hall–Kier alpha value is -1.78. The van der Waals surface area contributed by atoms with Crippen LogP contribution in [0, 0.1) is 0 Å². The first-order valence-electron chi connectivity index (χ1n) is 5.88. The highest BCUT2D eigenvalue weighted by Gasteiger charge is 2.04. The van der Waals surface area contributed by atoms with E-state index in [0.717, 1.165) is 0 Å². The number of nitrogens with zero attached hydrogens (tertiary/aromatic N) is 1. The molecule has 0 aliphatic carbocycles. The molecule has 1 heterocycles. The van der Waals surface area contributed by atoms with Crippen molar-refractivity contribution in [2.75, 3.05) is 6.61 Å². The Kier molecular flexibility index (Phi) is 4.60. The van der Waals surface area contributed by atoms with Crippen LogP contribution in [-0.4, -0.2) is 16.3 Å². The Morgan fingerprint density at radius 3 is 2.84 bits per heavy atom. The minimum Gasteiger partial charge on any atom is -0.491 e. The maximum Gasteiger partial charge on any atom is 0.250 e. The number of hydrogen-bond acceptors (Lipinski definition) is 3. The van der Waals surface area contributed by atoms with Gasteiger partial charge >= 0.3 is 0 Å². The lowest BCUT2D eigenvalue weighted by molar-refractivity contribution is 0.257. The Bertz CT molecular complexity index is 610. The van der Waals surface area contributed by atoms with Crippen molar-refractivity contribution in [3.8, 4) is 5.75 Å². The fourth-order valence-corrected chi connectivity index (χ4v) is 1.91. The molecule has 100 valence electrons. The summed E-state index contributed by atoms with van der Waals surface area (Å²) in [5, 5.41) is 9.76. The molecule has 0 aliphatic rings. The van der Waals surface area contributed by atoms with Crippen molar-refractivity contribution in [1.29, 1.82) is 0 Å². The van der Waals surface area contributed by atoms with E-state index in [1.165, 1.54) is 6.07 Å². The first-order chi connectivity index (χ1) is 9.20. The number of ether oxygens (including phenoxy) is 1. The summed E-state index contributed by atoms with van der Waals surface area (Å²) in [4.78, 5) is 11.5. The van der Waals surface area contributed by atoms with E-state index in [4.69, 9.17) is 16.3 Å². The minimum atomic E-state index is -0.138.